The second-order valence-electron chi connectivity index (χ2n) is 6.15. The molecule has 4 nitrogen and oxygen atoms in total. The number of hydrogen-bond donors (Lipinski definition) is 0. The lowest BCUT2D eigenvalue weighted by molar-refractivity contribution is -0.122. The molecule has 0 saturated carbocycles. The number of carbonyl (C=O) groups is 1. The van der Waals surface area contributed by atoms with E-state index in [9.17, 15) is 9.18 Å². The Bertz CT molecular complexity index is 954. The predicted molar refractivity (Wildman–Crippen MR) is 118 cm³/mol. The Kier molecular flexibility index (Phi) is 7.22. The highest BCUT2D eigenvalue weighted by atomic mass is 35.5. The zero-order valence-electron chi connectivity index (χ0n) is 15.9. The summed E-state index contributed by atoms with van der Waals surface area (Å²) in [6.45, 7) is 5.21. The van der Waals surface area contributed by atoms with Gasteiger partial charge in [0.05, 0.1) is 15.0 Å². The predicted octanol–water partition coefficient (Wildman–Crippen LogP) is 6.02. The molecule has 2 aromatic carbocycles. The zero-order chi connectivity index (χ0) is 21.0. The summed E-state index contributed by atoms with van der Waals surface area (Å²) >= 11 is 14.1. The summed E-state index contributed by atoms with van der Waals surface area (Å²) in [4.78, 5) is 19.2. The molecule has 1 amide bonds. The molecule has 152 valence electrons. The number of amides is 1. The van der Waals surface area contributed by atoms with Crippen LogP contribution in [0.3, 0.4) is 0 Å². The molecule has 0 radical (unpaired) electrons. The van der Waals surface area contributed by atoms with Crippen molar-refractivity contribution >= 4 is 52.1 Å². The second-order valence-corrected chi connectivity index (χ2v) is 7.97. The molecule has 29 heavy (non-hydrogen) atoms. The molecule has 0 spiro atoms. The Morgan fingerprint density at radius 1 is 1.17 bits per heavy atom. The number of hydrogen-bond acceptors (Lipinski definition) is 4. The summed E-state index contributed by atoms with van der Waals surface area (Å²) in [5.74, 6) is -0.0578. The number of carbonyl (C=O) groups excluding carboxylic acids is 1. The van der Waals surface area contributed by atoms with Crippen LogP contribution in [0.1, 0.15) is 25.0 Å². The molecule has 8 heteroatoms. The van der Waals surface area contributed by atoms with Crippen molar-refractivity contribution in [3.05, 3.63) is 68.3 Å². The van der Waals surface area contributed by atoms with Crippen LogP contribution < -0.4 is 4.74 Å². The van der Waals surface area contributed by atoms with Crippen molar-refractivity contribution < 1.29 is 13.9 Å². The van der Waals surface area contributed by atoms with Crippen LogP contribution in [0.4, 0.5) is 4.39 Å². The van der Waals surface area contributed by atoms with Crippen molar-refractivity contribution in [3.63, 3.8) is 0 Å². The van der Waals surface area contributed by atoms with Crippen LogP contribution in [-0.2, 0) is 11.4 Å². The summed E-state index contributed by atoms with van der Waals surface area (Å²) in [5, 5.41) is 1.36. The second kappa shape index (κ2) is 9.65. The highest BCUT2D eigenvalue weighted by Crippen LogP contribution is 2.37. The van der Waals surface area contributed by atoms with Crippen LogP contribution in [0.15, 0.2) is 46.3 Å². The largest absolute Gasteiger partial charge is 0.486 e. The van der Waals surface area contributed by atoms with Crippen LogP contribution in [0.2, 0.25) is 10.0 Å². The molecule has 1 fully saturated rings. The molecule has 1 saturated heterocycles. The maximum Gasteiger partial charge on any atom is 0.266 e. The number of rotatable bonds is 6. The third-order valence-corrected chi connectivity index (χ3v) is 5.72. The van der Waals surface area contributed by atoms with E-state index < -0.39 is 0 Å². The molecule has 2 aromatic rings. The van der Waals surface area contributed by atoms with E-state index in [1.807, 2.05) is 13.8 Å². The Balaban J connectivity index is 1.80. The normalized spacial score (nSPS) is 16.9. The van der Waals surface area contributed by atoms with Crippen molar-refractivity contribution in [1.82, 2.24) is 4.90 Å². The standard InChI is InChI=1S/C21H19Cl2FN2O2S/c1-3-25-21-26(4-2)20(27)18(29-21)11-14-9-16(22)19(17(23)10-14)28-12-13-5-7-15(24)8-6-13/h5-11H,3-4,12H2,1-2H3/b18-11-,25-21?. The van der Waals surface area contributed by atoms with E-state index in [-0.39, 0.29) is 18.3 Å². The van der Waals surface area contributed by atoms with Gasteiger partial charge in [-0.05, 0) is 67.1 Å². The fourth-order valence-corrected chi connectivity index (χ4v) is 4.45. The molecule has 3 rings (SSSR count). The number of thioether (sulfide) groups is 1. The van der Waals surface area contributed by atoms with Gasteiger partial charge in [0.25, 0.3) is 5.91 Å². The highest BCUT2D eigenvalue weighted by molar-refractivity contribution is 8.18. The summed E-state index contributed by atoms with van der Waals surface area (Å²) in [7, 11) is 0. The number of nitrogens with zero attached hydrogens (tertiary/aromatic N) is 2. The van der Waals surface area contributed by atoms with Crippen LogP contribution in [-0.4, -0.2) is 29.1 Å². The fourth-order valence-electron chi connectivity index (χ4n) is 2.73. The molecular formula is C21H19Cl2FN2O2S. The number of aliphatic imine (C=N–C) groups is 1. The zero-order valence-corrected chi connectivity index (χ0v) is 18.2. The van der Waals surface area contributed by atoms with Gasteiger partial charge in [-0.2, -0.15) is 0 Å². The van der Waals surface area contributed by atoms with Crippen LogP contribution in [0.25, 0.3) is 6.08 Å². The summed E-state index contributed by atoms with van der Waals surface area (Å²) in [6.07, 6.45) is 1.75. The van der Waals surface area contributed by atoms with Crippen LogP contribution >= 0.6 is 35.0 Å². The van der Waals surface area contributed by atoms with Crippen molar-refractivity contribution in [2.24, 2.45) is 4.99 Å². The SMILES string of the molecule is CCN=C1S/C(=C\c2cc(Cl)c(OCc3ccc(F)cc3)c(Cl)c2)C(=O)N1CC. The minimum Gasteiger partial charge on any atom is -0.486 e. The van der Waals surface area contributed by atoms with Crippen LogP contribution in [0.5, 0.6) is 5.75 Å². The summed E-state index contributed by atoms with van der Waals surface area (Å²) < 4.78 is 18.7. The number of halogens is 3. The average molecular weight is 453 g/mol. The molecule has 0 unspecified atom stereocenters. The third kappa shape index (κ3) is 5.13. The van der Waals surface area contributed by atoms with Gasteiger partial charge in [-0.15, -0.1) is 0 Å². The molecule has 1 aliphatic rings. The lowest BCUT2D eigenvalue weighted by atomic mass is 10.2. The van der Waals surface area contributed by atoms with Gasteiger partial charge in [0, 0.05) is 13.1 Å². The Morgan fingerprint density at radius 3 is 2.41 bits per heavy atom. The summed E-state index contributed by atoms with van der Waals surface area (Å²) in [6, 6.07) is 9.38. The lowest BCUT2D eigenvalue weighted by Gasteiger charge is -2.12. The molecule has 0 aliphatic carbocycles. The summed E-state index contributed by atoms with van der Waals surface area (Å²) in [5.41, 5.74) is 1.49. The van der Waals surface area contributed by atoms with Crippen LogP contribution in [0, 0.1) is 5.82 Å². The van der Waals surface area contributed by atoms with E-state index in [1.165, 1.54) is 23.9 Å². The van der Waals surface area contributed by atoms with E-state index in [4.69, 9.17) is 27.9 Å². The fraction of sp³-hybridized carbons (Fsp3) is 0.238. The third-order valence-electron chi connectivity index (χ3n) is 4.11. The van der Waals surface area contributed by atoms with Gasteiger partial charge in [-0.3, -0.25) is 14.7 Å². The number of amidine groups is 1. The number of ether oxygens (including phenoxy) is 1. The van der Waals surface area contributed by atoms with Crippen molar-refractivity contribution in [2.45, 2.75) is 20.5 Å². The number of likely N-dealkylation sites (N-methyl/N-ethyl adjacent to an activating group) is 1. The Labute approximate surface area is 183 Å². The topological polar surface area (TPSA) is 41.9 Å². The minimum atomic E-state index is -0.310. The van der Waals surface area contributed by atoms with E-state index in [0.717, 1.165) is 5.56 Å². The van der Waals surface area contributed by atoms with Gasteiger partial charge < -0.3 is 4.74 Å². The minimum absolute atomic E-state index is 0.0893. The molecule has 0 aromatic heterocycles. The maximum atomic E-state index is 13.0. The van der Waals surface area contributed by atoms with E-state index in [2.05, 4.69) is 4.99 Å². The first kappa shape index (κ1) is 21.7. The Hall–Kier alpha value is -2.02. The molecule has 0 atom stereocenters. The molecule has 1 aliphatic heterocycles. The first-order valence-electron chi connectivity index (χ1n) is 9.05. The molecule has 0 N–H and O–H groups in total. The Morgan fingerprint density at radius 2 is 1.83 bits per heavy atom. The smallest absolute Gasteiger partial charge is 0.266 e. The van der Waals surface area contributed by atoms with E-state index in [1.54, 1.807) is 35.2 Å². The van der Waals surface area contributed by atoms with Gasteiger partial charge in [-0.25, -0.2) is 4.39 Å². The van der Waals surface area contributed by atoms with Crippen molar-refractivity contribution in [3.8, 4) is 5.75 Å². The van der Waals surface area contributed by atoms with Gasteiger partial charge in [-0.1, -0.05) is 35.3 Å². The van der Waals surface area contributed by atoms with Gasteiger partial charge in [0.2, 0.25) is 0 Å². The van der Waals surface area contributed by atoms with Gasteiger partial charge in [0.15, 0.2) is 10.9 Å². The maximum absolute atomic E-state index is 13.0. The average Bonchev–Trinajstić information content (AvgIpc) is 2.97. The first-order valence-corrected chi connectivity index (χ1v) is 10.6. The van der Waals surface area contributed by atoms with Crippen molar-refractivity contribution in [2.75, 3.05) is 13.1 Å². The molecule has 1 heterocycles. The lowest BCUT2D eigenvalue weighted by Crippen LogP contribution is -2.28. The highest BCUT2D eigenvalue weighted by Gasteiger charge is 2.31. The number of benzene rings is 2. The van der Waals surface area contributed by atoms with Gasteiger partial charge in [0.1, 0.15) is 12.4 Å². The molecular weight excluding hydrogens is 434 g/mol. The van der Waals surface area contributed by atoms with Crippen molar-refractivity contribution in [1.29, 1.82) is 0 Å². The van der Waals surface area contributed by atoms with E-state index >= 15 is 0 Å². The monoisotopic (exact) mass is 452 g/mol. The van der Waals surface area contributed by atoms with Gasteiger partial charge >= 0.3 is 0 Å². The first-order chi connectivity index (χ1) is 13.9. The quantitative estimate of drug-likeness (QED) is 0.502. The molecule has 0 bridgehead atoms. The van der Waals surface area contributed by atoms with E-state index in [0.29, 0.717) is 44.5 Å².